The average molecular weight is 245 g/mol. The topological polar surface area (TPSA) is 59.3 Å². The molecule has 2 rings (SSSR count). The number of amides is 1. The SMILES string of the molecule is CC(=O)C(C)NC(=O)c1cc2cc(C)ccc2o1. The molecule has 0 saturated heterocycles. The van der Waals surface area contributed by atoms with Gasteiger partial charge >= 0.3 is 0 Å². The Morgan fingerprint density at radius 2 is 2.00 bits per heavy atom. The van der Waals surface area contributed by atoms with Crippen LogP contribution in [0.1, 0.15) is 30.0 Å². The van der Waals surface area contributed by atoms with Crippen LogP contribution in [0.15, 0.2) is 28.7 Å². The van der Waals surface area contributed by atoms with Crippen molar-refractivity contribution in [2.24, 2.45) is 0 Å². The Morgan fingerprint density at radius 3 is 2.67 bits per heavy atom. The summed E-state index contributed by atoms with van der Waals surface area (Å²) in [7, 11) is 0. The van der Waals surface area contributed by atoms with Gasteiger partial charge in [0, 0.05) is 5.39 Å². The fourth-order valence-electron chi connectivity index (χ4n) is 1.64. The Hall–Kier alpha value is -2.10. The molecular weight excluding hydrogens is 230 g/mol. The molecule has 0 aliphatic rings. The van der Waals surface area contributed by atoms with Crippen molar-refractivity contribution >= 4 is 22.7 Å². The summed E-state index contributed by atoms with van der Waals surface area (Å²) in [6.07, 6.45) is 0. The van der Waals surface area contributed by atoms with Crippen molar-refractivity contribution in [1.29, 1.82) is 0 Å². The second kappa shape index (κ2) is 4.64. The quantitative estimate of drug-likeness (QED) is 0.903. The summed E-state index contributed by atoms with van der Waals surface area (Å²) in [4.78, 5) is 22.9. The van der Waals surface area contributed by atoms with Crippen LogP contribution in [-0.2, 0) is 4.79 Å². The number of benzene rings is 1. The molecule has 1 aromatic carbocycles. The molecule has 0 saturated carbocycles. The third kappa shape index (κ3) is 2.42. The minimum absolute atomic E-state index is 0.0877. The molecular formula is C14H15NO3. The van der Waals surface area contributed by atoms with E-state index in [0.717, 1.165) is 10.9 Å². The van der Waals surface area contributed by atoms with Crippen LogP contribution in [0.3, 0.4) is 0 Å². The van der Waals surface area contributed by atoms with Crippen LogP contribution in [0.25, 0.3) is 11.0 Å². The van der Waals surface area contributed by atoms with Crippen molar-refractivity contribution in [1.82, 2.24) is 5.32 Å². The molecule has 4 nitrogen and oxygen atoms in total. The lowest BCUT2D eigenvalue weighted by Gasteiger charge is -2.08. The highest BCUT2D eigenvalue weighted by Crippen LogP contribution is 2.20. The maximum Gasteiger partial charge on any atom is 0.287 e. The number of carbonyl (C=O) groups is 2. The lowest BCUT2D eigenvalue weighted by molar-refractivity contribution is -0.118. The van der Waals surface area contributed by atoms with E-state index in [0.29, 0.717) is 5.58 Å². The normalized spacial score (nSPS) is 12.4. The smallest absolute Gasteiger partial charge is 0.287 e. The molecule has 1 unspecified atom stereocenters. The molecule has 0 spiro atoms. The lowest BCUT2D eigenvalue weighted by atomic mass is 10.2. The van der Waals surface area contributed by atoms with Gasteiger partial charge in [-0.05, 0) is 39.0 Å². The van der Waals surface area contributed by atoms with Crippen LogP contribution in [0.5, 0.6) is 0 Å². The van der Waals surface area contributed by atoms with E-state index >= 15 is 0 Å². The number of fused-ring (bicyclic) bond motifs is 1. The molecule has 0 aliphatic heterocycles. The van der Waals surface area contributed by atoms with E-state index in [1.807, 2.05) is 25.1 Å². The Labute approximate surface area is 105 Å². The lowest BCUT2D eigenvalue weighted by Crippen LogP contribution is -2.37. The molecule has 18 heavy (non-hydrogen) atoms. The van der Waals surface area contributed by atoms with Crippen molar-refractivity contribution < 1.29 is 14.0 Å². The Morgan fingerprint density at radius 1 is 1.28 bits per heavy atom. The highest BCUT2D eigenvalue weighted by molar-refractivity contribution is 5.98. The molecule has 1 N–H and O–H groups in total. The second-order valence-electron chi connectivity index (χ2n) is 4.46. The van der Waals surface area contributed by atoms with Crippen LogP contribution in [0.2, 0.25) is 0 Å². The van der Waals surface area contributed by atoms with Crippen LogP contribution >= 0.6 is 0 Å². The molecule has 1 aromatic heterocycles. The van der Waals surface area contributed by atoms with Crippen molar-refractivity contribution in [2.45, 2.75) is 26.8 Å². The van der Waals surface area contributed by atoms with E-state index in [-0.39, 0.29) is 17.5 Å². The number of hydrogen-bond donors (Lipinski definition) is 1. The molecule has 4 heteroatoms. The molecule has 2 aromatic rings. The highest BCUT2D eigenvalue weighted by Gasteiger charge is 2.16. The number of nitrogens with one attached hydrogen (secondary N) is 1. The van der Waals surface area contributed by atoms with Crippen LogP contribution in [0, 0.1) is 6.92 Å². The maximum atomic E-state index is 11.9. The monoisotopic (exact) mass is 245 g/mol. The number of aryl methyl sites for hydroxylation is 1. The second-order valence-corrected chi connectivity index (χ2v) is 4.46. The molecule has 0 radical (unpaired) electrons. The van der Waals surface area contributed by atoms with Crippen molar-refractivity contribution in [3.63, 3.8) is 0 Å². The first-order chi connectivity index (χ1) is 8.47. The first-order valence-electron chi connectivity index (χ1n) is 5.79. The Kier molecular flexibility index (Phi) is 3.19. The zero-order valence-corrected chi connectivity index (χ0v) is 10.6. The zero-order chi connectivity index (χ0) is 13.3. The number of hydrogen-bond acceptors (Lipinski definition) is 3. The van der Waals surface area contributed by atoms with Gasteiger partial charge in [0.25, 0.3) is 5.91 Å². The largest absolute Gasteiger partial charge is 0.451 e. The van der Waals surface area contributed by atoms with Gasteiger partial charge in [-0.15, -0.1) is 0 Å². The van der Waals surface area contributed by atoms with Gasteiger partial charge in [-0.2, -0.15) is 0 Å². The molecule has 1 atom stereocenters. The van der Waals surface area contributed by atoms with Gasteiger partial charge in [0.15, 0.2) is 11.5 Å². The predicted molar refractivity (Wildman–Crippen MR) is 68.6 cm³/mol. The van der Waals surface area contributed by atoms with Crippen molar-refractivity contribution in [3.8, 4) is 0 Å². The standard InChI is InChI=1S/C14H15NO3/c1-8-4-5-12-11(6-8)7-13(18-12)14(17)15-9(2)10(3)16/h4-7,9H,1-3H3,(H,15,17). The van der Waals surface area contributed by atoms with E-state index in [1.54, 1.807) is 13.0 Å². The third-order valence-electron chi connectivity index (χ3n) is 2.85. The van der Waals surface area contributed by atoms with Crippen LogP contribution in [0.4, 0.5) is 0 Å². The zero-order valence-electron chi connectivity index (χ0n) is 10.6. The van der Waals surface area contributed by atoms with Gasteiger partial charge in [0.1, 0.15) is 5.58 Å². The van der Waals surface area contributed by atoms with Gasteiger partial charge in [-0.3, -0.25) is 9.59 Å². The molecule has 0 fully saturated rings. The van der Waals surface area contributed by atoms with Crippen molar-refractivity contribution in [2.75, 3.05) is 0 Å². The summed E-state index contributed by atoms with van der Waals surface area (Å²) in [6, 6.07) is 6.88. The Bertz CT molecular complexity index is 613. The minimum atomic E-state index is -0.507. The van der Waals surface area contributed by atoms with E-state index < -0.39 is 6.04 Å². The number of furan rings is 1. The molecule has 0 aliphatic carbocycles. The summed E-state index contributed by atoms with van der Waals surface area (Å²) >= 11 is 0. The predicted octanol–water partition coefficient (Wildman–Crippen LogP) is 2.45. The third-order valence-corrected chi connectivity index (χ3v) is 2.85. The summed E-state index contributed by atoms with van der Waals surface area (Å²) in [5.74, 6) is -0.231. The van der Waals surface area contributed by atoms with Gasteiger partial charge in [0.05, 0.1) is 6.04 Å². The molecule has 1 heterocycles. The maximum absolute atomic E-state index is 11.9. The number of rotatable bonds is 3. The van der Waals surface area contributed by atoms with Gasteiger partial charge < -0.3 is 9.73 Å². The summed E-state index contributed by atoms with van der Waals surface area (Å²) in [5, 5.41) is 3.47. The van der Waals surface area contributed by atoms with E-state index in [9.17, 15) is 9.59 Å². The summed E-state index contributed by atoms with van der Waals surface area (Å²) in [6.45, 7) is 5.06. The molecule has 0 bridgehead atoms. The summed E-state index contributed by atoms with van der Waals surface area (Å²) in [5.41, 5.74) is 1.77. The molecule has 1 amide bonds. The fraction of sp³-hybridized carbons (Fsp3) is 0.286. The average Bonchev–Trinajstić information content (AvgIpc) is 2.71. The van der Waals surface area contributed by atoms with Crippen LogP contribution in [-0.4, -0.2) is 17.7 Å². The number of carbonyl (C=O) groups excluding carboxylic acids is 2. The number of Topliss-reactive ketones (excluding diaryl/α,β-unsaturated/α-hetero) is 1. The fourth-order valence-corrected chi connectivity index (χ4v) is 1.64. The van der Waals surface area contributed by atoms with Gasteiger partial charge in [0.2, 0.25) is 0 Å². The summed E-state index contributed by atoms with van der Waals surface area (Å²) < 4.78 is 5.44. The van der Waals surface area contributed by atoms with Crippen molar-refractivity contribution in [3.05, 3.63) is 35.6 Å². The van der Waals surface area contributed by atoms with E-state index in [1.165, 1.54) is 6.92 Å². The Balaban J connectivity index is 2.26. The minimum Gasteiger partial charge on any atom is -0.451 e. The van der Waals surface area contributed by atoms with Gasteiger partial charge in [-0.1, -0.05) is 11.6 Å². The van der Waals surface area contributed by atoms with E-state index in [2.05, 4.69) is 5.32 Å². The number of ketones is 1. The van der Waals surface area contributed by atoms with E-state index in [4.69, 9.17) is 4.42 Å². The van der Waals surface area contributed by atoms with Crippen LogP contribution < -0.4 is 5.32 Å². The highest BCUT2D eigenvalue weighted by atomic mass is 16.3. The van der Waals surface area contributed by atoms with Gasteiger partial charge in [-0.25, -0.2) is 0 Å². The first kappa shape index (κ1) is 12.4. The first-order valence-corrected chi connectivity index (χ1v) is 5.79. The molecule has 94 valence electrons.